The van der Waals surface area contributed by atoms with Crippen LogP contribution in [0.3, 0.4) is 0 Å². The third-order valence-electron chi connectivity index (χ3n) is 3.47. The Morgan fingerprint density at radius 2 is 2.37 bits per heavy atom. The number of aromatic nitrogens is 1. The molecule has 1 aliphatic heterocycles. The van der Waals surface area contributed by atoms with Crippen molar-refractivity contribution in [3.8, 4) is 0 Å². The van der Waals surface area contributed by atoms with Gasteiger partial charge >= 0.3 is 0 Å². The summed E-state index contributed by atoms with van der Waals surface area (Å²) in [5.74, 6) is 0. The molecular formula is C14H26N4O. The van der Waals surface area contributed by atoms with E-state index >= 15 is 0 Å². The first-order valence-electron chi connectivity index (χ1n) is 7.27. The summed E-state index contributed by atoms with van der Waals surface area (Å²) in [4.78, 5) is 9.14. The molecule has 1 atom stereocenters. The van der Waals surface area contributed by atoms with Gasteiger partial charge in [-0.2, -0.15) is 4.98 Å². The molecule has 1 aromatic heterocycles. The van der Waals surface area contributed by atoms with Crippen LogP contribution in [-0.2, 0) is 6.54 Å². The quantitative estimate of drug-likeness (QED) is 0.761. The zero-order valence-electron chi connectivity index (χ0n) is 12.4. The number of oxazole rings is 1. The van der Waals surface area contributed by atoms with E-state index in [1.807, 2.05) is 0 Å². The third-order valence-corrected chi connectivity index (χ3v) is 3.47. The van der Waals surface area contributed by atoms with Crippen molar-refractivity contribution < 1.29 is 4.42 Å². The van der Waals surface area contributed by atoms with Crippen molar-refractivity contribution in [1.29, 1.82) is 0 Å². The van der Waals surface area contributed by atoms with E-state index in [0.717, 1.165) is 44.3 Å². The van der Waals surface area contributed by atoms with Gasteiger partial charge in [-0.15, -0.1) is 0 Å². The smallest absolute Gasteiger partial charge is 0.297 e. The van der Waals surface area contributed by atoms with Crippen LogP contribution in [0.25, 0.3) is 0 Å². The Morgan fingerprint density at radius 1 is 1.53 bits per heavy atom. The Hall–Kier alpha value is -1.07. The highest BCUT2D eigenvalue weighted by Gasteiger charge is 2.28. The van der Waals surface area contributed by atoms with Crippen LogP contribution in [0.4, 0.5) is 6.01 Å². The predicted molar refractivity (Wildman–Crippen MR) is 77.4 cm³/mol. The number of anilines is 1. The minimum absolute atomic E-state index is 0.533. The molecule has 1 aliphatic rings. The van der Waals surface area contributed by atoms with Gasteiger partial charge in [0, 0.05) is 25.7 Å². The van der Waals surface area contributed by atoms with E-state index in [4.69, 9.17) is 4.42 Å². The second-order valence-electron chi connectivity index (χ2n) is 5.55. The number of hydrogen-bond donors (Lipinski definition) is 1. The molecule has 1 saturated heterocycles. The second kappa shape index (κ2) is 6.91. The maximum Gasteiger partial charge on any atom is 0.297 e. The zero-order valence-corrected chi connectivity index (χ0v) is 12.4. The van der Waals surface area contributed by atoms with Crippen LogP contribution in [0.5, 0.6) is 0 Å². The lowest BCUT2D eigenvalue weighted by molar-refractivity contribution is 0.365. The van der Waals surface area contributed by atoms with Gasteiger partial charge in [0.05, 0.1) is 5.69 Å². The van der Waals surface area contributed by atoms with Gasteiger partial charge in [0.1, 0.15) is 6.26 Å². The third kappa shape index (κ3) is 3.94. The SMILES string of the molecule is CCCNCc1coc(N2CCCC2CN(C)C)n1. The number of nitrogens with one attached hydrogen (secondary N) is 1. The molecular weight excluding hydrogens is 240 g/mol. The Bertz CT molecular complexity index is 377. The molecule has 0 bridgehead atoms. The van der Waals surface area contributed by atoms with E-state index in [1.54, 1.807) is 6.26 Å². The molecule has 2 heterocycles. The van der Waals surface area contributed by atoms with Crippen molar-refractivity contribution in [1.82, 2.24) is 15.2 Å². The number of nitrogens with zero attached hydrogens (tertiary/aromatic N) is 3. The Labute approximate surface area is 116 Å². The summed E-state index contributed by atoms with van der Waals surface area (Å²) in [5.41, 5.74) is 0.999. The Kier molecular flexibility index (Phi) is 5.22. The van der Waals surface area contributed by atoms with Crippen molar-refractivity contribution in [2.45, 2.75) is 38.8 Å². The maximum absolute atomic E-state index is 5.65. The van der Waals surface area contributed by atoms with E-state index in [0.29, 0.717) is 6.04 Å². The molecule has 1 N–H and O–H groups in total. The molecule has 5 nitrogen and oxygen atoms in total. The van der Waals surface area contributed by atoms with E-state index in [-0.39, 0.29) is 0 Å². The maximum atomic E-state index is 5.65. The number of likely N-dealkylation sites (N-methyl/N-ethyl adjacent to an activating group) is 1. The van der Waals surface area contributed by atoms with Gasteiger partial charge < -0.3 is 19.5 Å². The van der Waals surface area contributed by atoms with Crippen LogP contribution in [0.2, 0.25) is 0 Å². The van der Waals surface area contributed by atoms with Crippen molar-refractivity contribution in [2.75, 3.05) is 38.6 Å². The summed E-state index contributed by atoms with van der Waals surface area (Å²) in [5, 5.41) is 3.35. The normalized spacial score (nSPS) is 19.6. The molecule has 108 valence electrons. The van der Waals surface area contributed by atoms with E-state index < -0.39 is 0 Å². The topological polar surface area (TPSA) is 44.5 Å². The first-order chi connectivity index (χ1) is 9.20. The molecule has 1 fully saturated rings. The summed E-state index contributed by atoms with van der Waals surface area (Å²) in [6, 6.07) is 1.32. The van der Waals surface area contributed by atoms with Crippen LogP contribution in [0.15, 0.2) is 10.7 Å². The molecule has 1 unspecified atom stereocenters. The predicted octanol–water partition coefficient (Wildman–Crippen LogP) is 1.70. The van der Waals surface area contributed by atoms with Gasteiger partial charge in [-0.25, -0.2) is 0 Å². The summed E-state index contributed by atoms with van der Waals surface area (Å²) < 4.78 is 5.65. The zero-order chi connectivity index (χ0) is 13.7. The summed E-state index contributed by atoms with van der Waals surface area (Å²) >= 11 is 0. The number of hydrogen-bond acceptors (Lipinski definition) is 5. The van der Waals surface area contributed by atoms with Gasteiger partial charge in [0.2, 0.25) is 0 Å². The fraction of sp³-hybridized carbons (Fsp3) is 0.786. The fourth-order valence-electron chi connectivity index (χ4n) is 2.60. The lowest BCUT2D eigenvalue weighted by atomic mass is 10.2. The standard InChI is InChI=1S/C14H26N4O/c1-4-7-15-9-12-11-19-14(16-12)18-8-5-6-13(18)10-17(2)3/h11,13,15H,4-10H2,1-3H3. The minimum atomic E-state index is 0.533. The van der Waals surface area contributed by atoms with Crippen LogP contribution in [-0.4, -0.2) is 49.7 Å². The molecule has 2 rings (SSSR count). The van der Waals surface area contributed by atoms with Crippen LogP contribution >= 0.6 is 0 Å². The van der Waals surface area contributed by atoms with Gasteiger partial charge in [0.15, 0.2) is 0 Å². The lowest BCUT2D eigenvalue weighted by Crippen LogP contribution is -2.37. The molecule has 0 aromatic carbocycles. The van der Waals surface area contributed by atoms with E-state index in [2.05, 4.69) is 41.1 Å². The van der Waals surface area contributed by atoms with Gasteiger partial charge in [-0.3, -0.25) is 0 Å². The molecule has 0 amide bonds. The molecule has 0 aliphatic carbocycles. The average molecular weight is 266 g/mol. The second-order valence-corrected chi connectivity index (χ2v) is 5.55. The summed E-state index contributed by atoms with van der Waals surface area (Å²) in [6.45, 7) is 6.10. The van der Waals surface area contributed by atoms with Crippen LogP contribution < -0.4 is 10.2 Å². The van der Waals surface area contributed by atoms with Crippen molar-refractivity contribution in [3.63, 3.8) is 0 Å². The van der Waals surface area contributed by atoms with Crippen LogP contribution in [0, 0.1) is 0 Å². The first-order valence-corrected chi connectivity index (χ1v) is 7.27. The molecule has 19 heavy (non-hydrogen) atoms. The van der Waals surface area contributed by atoms with Crippen molar-refractivity contribution in [2.24, 2.45) is 0 Å². The van der Waals surface area contributed by atoms with E-state index in [1.165, 1.54) is 12.8 Å². The van der Waals surface area contributed by atoms with Crippen molar-refractivity contribution >= 4 is 6.01 Å². The molecule has 1 aromatic rings. The molecule has 0 spiro atoms. The minimum Gasteiger partial charge on any atom is -0.432 e. The molecule has 5 heteroatoms. The largest absolute Gasteiger partial charge is 0.432 e. The summed E-state index contributed by atoms with van der Waals surface area (Å²) in [7, 11) is 4.23. The van der Waals surface area contributed by atoms with Gasteiger partial charge in [-0.1, -0.05) is 6.92 Å². The fourth-order valence-corrected chi connectivity index (χ4v) is 2.60. The highest BCUT2D eigenvalue weighted by atomic mass is 16.4. The first kappa shape index (κ1) is 14.3. The highest BCUT2D eigenvalue weighted by Crippen LogP contribution is 2.25. The van der Waals surface area contributed by atoms with Crippen LogP contribution in [0.1, 0.15) is 31.9 Å². The van der Waals surface area contributed by atoms with Gasteiger partial charge in [0.25, 0.3) is 6.01 Å². The Balaban J connectivity index is 1.93. The Morgan fingerprint density at radius 3 is 3.11 bits per heavy atom. The monoisotopic (exact) mass is 266 g/mol. The molecule has 0 saturated carbocycles. The molecule has 0 radical (unpaired) electrons. The summed E-state index contributed by atoms with van der Waals surface area (Å²) in [6.07, 6.45) is 5.37. The van der Waals surface area contributed by atoms with Gasteiger partial charge in [-0.05, 0) is 39.9 Å². The van der Waals surface area contributed by atoms with Crippen molar-refractivity contribution in [3.05, 3.63) is 12.0 Å². The van der Waals surface area contributed by atoms with E-state index in [9.17, 15) is 0 Å². The lowest BCUT2D eigenvalue weighted by Gasteiger charge is -2.25. The average Bonchev–Trinajstić information content (AvgIpc) is 2.97. The highest BCUT2D eigenvalue weighted by molar-refractivity contribution is 5.31. The number of rotatable bonds is 7.